The Morgan fingerprint density at radius 1 is 1.21 bits per heavy atom. The second-order valence-corrected chi connectivity index (χ2v) is 10.3. The van der Waals surface area contributed by atoms with Crippen molar-refractivity contribution in [2.45, 2.75) is 24.7 Å². The van der Waals surface area contributed by atoms with Crippen LogP contribution in [0.5, 0.6) is 0 Å². The highest BCUT2D eigenvalue weighted by Crippen LogP contribution is 2.25. The number of anilines is 1. The highest BCUT2D eigenvalue weighted by molar-refractivity contribution is 7.99. The zero-order chi connectivity index (χ0) is 20.9. The SMILES string of the molecule is Cc1cnccc1SCCN1CCC(C(=O)c2ccc(NS(C)(=O)=O)cc2)CC1. The smallest absolute Gasteiger partial charge is 0.229 e. The molecule has 1 N–H and O–H groups in total. The number of hydrogen-bond acceptors (Lipinski definition) is 6. The van der Waals surface area contributed by atoms with Crippen molar-refractivity contribution in [3.63, 3.8) is 0 Å². The molecule has 8 heteroatoms. The van der Waals surface area contributed by atoms with Crippen LogP contribution in [-0.2, 0) is 10.0 Å². The van der Waals surface area contributed by atoms with Crippen molar-refractivity contribution in [3.8, 4) is 0 Å². The molecule has 0 bridgehead atoms. The molecule has 1 aliphatic rings. The van der Waals surface area contributed by atoms with Crippen LogP contribution in [0.15, 0.2) is 47.6 Å². The van der Waals surface area contributed by atoms with Gasteiger partial charge >= 0.3 is 0 Å². The van der Waals surface area contributed by atoms with Crippen molar-refractivity contribution in [1.29, 1.82) is 0 Å². The second-order valence-electron chi connectivity index (χ2n) is 7.42. The molecule has 1 fully saturated rings. The average molecular weight is 434 g/mol. The molecule has 0 spiro atoms. The maximum atomic E-state index is 12.8. The number of thioether (sulfide) groups is 1. The Morgan fingerprint density at radius 2 is 1.90 bits per heavy atom. The lowest BCUT2D eigenvalue weighted by atomic mass is 9.89. The number of rotatable bonds is 8. The van der Waals surface area contributed by atoms with Crippen LogP contribution in [0.2, 0.25) is 0 Å². The zero-order valence-corrected chi connectivity index (χ0v) is 18.4. The predicted octanol–water partition coefficient (Wildman–Crippen LogP) is 3.45. The predicted molar refractivity (Wildman–Crippen MR) is 118 cm³/mol. The van der Waals surface area contributed by atoms with Crippen LogP contribution in [0.25, 0.3) is 0 Å². The van der Waals surface area contributed by atoms with Crippen molar-refractivity contribution in [3.05, 3.63) is 53.9 Å². The first kappa shape index (κ1) is 21.8. The third-order valence-corrected chi connectivity index (χ3v) is 6.83. The Hall–Kier alpha value is -1.90. The van der Waals surface area contributed by atoms with Gasteiger partial charge in [-0.2, -0.15) is 0 Å². The van der Waals surface area contributed by atoms with Gasteiger partial charge in [-0.3, -0.25) is 14.5 Å². The first-order chi connectivity index (χ1) is 13.8. The van der Waals surface area contributed by atoms with E-state index in [4.69, 9.17) is 0 Å². The number of ketones is 1. The van der Waals surface area contributed by atoms with E-state index in [1.807, 2.05) is 24.2 Å². The summed E-state index contributed by atoms with van der Waals surface area (Å²) < 4.78 is 25.0. The molecule has 0 unspecified atom stereocenters. The van der Waals surface area contributed by atoms with E-state index in [9.17, 15) is 13.2 Å². The molecule has 0 aliphatic carbocycles. The molecule has 2 aromatic rings. The first-order valence-corrected chi connectivity index (χ1v) is 12.6. The standard InChI is InChI=1S/C21H27N3O3S2/c1-16-15-22-10-7-20(16)28-14-13-24-11-8-18(9-12-24)21(25)17-3-5-19(6-4-17)23-29(2,26)27/h3-7,10,15,18,23H,8-9,11-14H2,1-2H3. The van der Waals surface area contributed by atoms with Crippen LogP contribution in [0, 0.1) is 12.8 Å². The number of carbonyl (C=O) groups is 1. The minimum Gasteiger partial charge on any atom is -0.302 e. The maximum absolute atomic E-state index is 12.8. The van der Waals surface area contributed by atoms with Gasteiger partial charge in [0, 0.05) is 46.8 Å². The molecular weight excluding hydrogens is 406 g/mol. The van der Waals surface area contributed by atoms with Crippen molar-refractivity contribution < 1.29 is 13.2 Å². The van der Waals surface area contributed by atoms with E-state index in [1.54, 1.807) is 24.3 Å². The van der Waals surface area contributed by atoms with Crippen LogP contribution < -0.4 is 4.72 Å². The number of nitrogens with zero attached hydrogens (tertiary/aromatic N) is 2. The third kappa shape index (κ3) is 6.55. The third-order valence-electron chi connectivity index (χ3n) is 5.06. The first-order valence-electron chi connectivity index (χ1n) is 9.69. The molecule has 0 amide bonds. The summed E-state index contributed by atoms with van der Waals surface area (Å²) in [4.78, 5) is 20.6. The lowest BCUT2D eigenvalue weighted by molar-refractivity contribution is 0.0845. The maximum Gasteiger partial charge on any atom is 0.229 e. The van der Waals surface area contributed by atoms with Crippen molar-refractivity contribution in [2.75, 3.05) is 36.4 Å². The molecule has 6 nitrogen and oxygen atoms in total. The van der Waals surface area contributed by atoms with Crippen LogP contribution >= 0.6 is 11.8 Å². The van der Waals surface area contributed by atoms with Gasteiger partial charge in [-0.05, 0) is 68.8 Å². The van der Waals surface area contributed by atoms with Crippen molar-refractivity contribution in [2.24, 2.45) is 5.92 Å². The van der Waals surface area contributed by atoms with E-state index in [2.05, 4.69) is 27.6 Å². The van der Waals surface area contributed by atoms with E-state index in [0.29, 0.717) is 11.3 Å². The van der Waals surface area contributed by atoms with Gasteiger partial charge in [-0.1, -0.05) is 0 Å². The second kappa shape index (κ2) is 9.73. The molecule has 0 radical (unpaired) electrons. The summed E-state index contributed by atoms with van der Waals surface area (Å²) in [5, 5.41) is 0. The van der Waals surface area contributed by atoms with E-state index in [-0.39, 0.29) is 11.7 Å². The van der Waals surface area contributed by atoms with Gasteiger partial charge in [0.2, 0.25) is 10.0 Å². The number of sulfonamides is 1. The molecule has 2 heterocycles. The summed E-state index contributed by atoms with van der Waals surface area (Å²) in [6, 6.07) is 8.75. The number of piperidine rings is 1. The Bertz CT molecular complexity index is 938. The molecule has 1 aromatic carbocycles. The summed E-state index contributed by atoms with van der Waals surface area (Å²) in [5.74, 6) is 1.21. The van der Waals surface area contributed by atoms with Crippen LogP contribution in [-0.4, -0.2) is 55.7 Å². The number of hydrogen-bond donors (Lipinski definition) is 1. The quantitative estimate of drug-likeness (QED) is 0.507. The summed E-state index contributed by atoms with van der Waals surface area (Å²) in [5.41, 5.74) is 2.33. The number of aromatic nitrogens is 1. The Balaban J connectivity index is 1.45. The number of aryl methyl sites for hydroxylation is 1. The monoisotopic (exact) mass is 433 g/mol. The van der Waals surface area contributed by atoms with E-state index in [1.165, 1.54) is 10.5 Å². The highest BCUT2D eigenvalue weighted by atomic mass is 32.2. The van der Waals surface area contributed by atoms with E-state index >= 15 is 0 Å². The molecule has 1 saturated heterocycles. The van der Waals surface area contributed by atoms with Gasteiger partial charge in [0.15, 0.2) is 5.78 Å². The number of benzene rings is 1. The van der Waals surface area contributed by atoms with Gasteiger partial charge < -0.3 is 4.90 Å². The van der Waals surface area contributed by atoms with Crippen LogP contribution in [0.1, 0.15) is 28.8 Å². The summed E-state index contributed by atoms with van der Waals surface area (Å²) in [6.45, 7) is 4.95. The van der Waals surface area contributed by atoms with Gasteiger partial charge in [-0.25, -0.2) is 8.42 Å². The Kier molecular flexibility index (Phi) is 7.32. The van der Waals surface area contributed by atoms with Gasteiger partial charge in [0.1, 0.15) is 0 Å². The molecule has 0 saturated carbocycles. The highest BCUT2D eigenvalue weighted by Gasteiger charge is 2.25. The molecule has 1 aliphatic heterocycles. The number of pyridine rings is 1. The number of Topliss-reactive ketones (excluding diaryl/α,β-unsaturated/α-hetero) is 1. The fraction of sp³-hybridized carbons (Fsp3) is 0.429. The minimum absolute atomic E-state index is 0.0371. The number of nitrogens with one attached hydrogen (secondary N) is 1. The largest absolute Gasteiger partial charge is 0.302 e. The van der Waals surface area contributed by atoms with Crippen LogP contribution in [0.3, 0.4) is 0 Å². The summed E-state index contributed by atoms with van der Waals surface area (Å²) in [6.07, 6.45) is 6.55. The van der Waals surface area contributed by atoms with Gasteiger partial charge in [-0.15, -0.1) is 11.8 Å². The van der Waals surface area contributed by atoms with E-state index in [0.717, 1.165) is 44.5 Å². The number of carbonyl (C=O) groups excluding carboxylic acids is 1. The number of likely N-dealkylation sites (tertiary alicyclic amines) is 1. The fourth-order valence-electron chi connectivity index (χ4n) is 3.48. The lowest BCUT2D eigenvalue weighted by Gasteiger charge is -2.31. The molecule has 156 valence electrons. The molecule has 3 rings (SSSR count). The van der Waals surface area contributed by atoms with Crippen molar-refractivity contribution in [1.82, 2.24) is 9.88 Å². The minimum atomic E-state index is -3.31. The molecule has 0 atom stereocenters. The Morgan fingerprint density at radius 3 is 2.52 bits per heavy atom. The summed E-state index contributed by atoms with van der Waals surface area (Å²) in [7, 11) is -3.31. The average Bonchev–Trinajstić information content (AvgIpc) is 2.69. The molecular formula is C21H27N3O3S2. The fourth-order valence-corrected chi connectivity index (χ4v) is 5.05. The van der Waals surface area contributed by atoms with E-state index < -0.39 is 10.0 Å². The van der Waals surface area contributed by atoms with Crippen LogP contribution in [0.4, 0.5) is 5.69 Å². The summed E-state index contributed by atoms with van der Waals surface area (Å²) >= 11 is 1.85. The zero-order valence-electron chi connectivity index (χ0n) is 16.8. The Labute approximate surface area is 177 Å². The topological polar surface area (TPSA) is 79.4 Å². The van der Waals surface area contributed by atoms with Gasteiger partial charge in [0.25, 0.3) is 0 Å². The lowest BCUT2D eigenvalue weighted by Crippen LogP contribution is -2.37. The van der Waals surface area contributed by atoms with Gasteiger partial charge in [0.05, 0.1) is 6.26 Å². The molecule has 1 aromatic heterocycles. The molecule has 29 heavy (non-hydrogen) atoms. The normalized spacial score (nSPS) is 15.9. The van der Waals surface area contributed by atoms with Crippen molar-refractivity contribution >= 4 is 33.3 Å².